The molecule has 0 saturated heterocycles. The zero-order valence-corrected chi connectivity index (χ0v) is 9.14. The first-order chi connectivity index (χ1) is 5.96. The van der Waals surface area contributed by atoms with Crippen LogP contribution in [-0.2, 0) is 0 Å². The van der Waals surface area contributed by atoms with Crippen molar-refractivity contribution in [1.82, 2.24) is 0 Å². The van der Waals surface area contributed by atoms with Gasteiger partial charge >= 0.3 is 0 Å². The third-order valence-electron chi connectivity index (χ3n) is 3.29. The summed E-state index contributed by atoms with van der Waals surface area (Å²) in [4.78, 5) is 0. The van der Waals surface area contributed by atoms with Crippen LogP contribution in [0, 0.1) is 17.3 Å². The van der Waals surface area contributed by atoms with E-state index >= 15 is 0 Å². The molecular weight excluding hydrogens is 160 g/mol. The number of hydrogen-bond acceptors (Lipinski definition) is 1. The lowest BCUT2D eigenvalue weighted by molar-refractivity contribution is 0.239. The SMILES string of the molecule is C=C(C)[C@H]1CC(C)(C)C[C@H]1CCO. The van der Waals surface area contributed by atoms with E-state index in [0.717, 1.165) is 6.42 Å². The van der Waals surface area contributed by atoms with Crippen molar-refractivity contribution in [3.8, 4) is 0 Å². The van der Waals surface area contributed by atoms with Gasteiger partial charge in [0, 0.05) is 6.61 Å². The van der Waals surface area contributed by atoms with Gasteiger partial charge in [-0.25, -0.2) is 0 Å². The van der Waals surface area contributed by atoms with Gasteiger partial charge in [-0.1, -0.05) is 26.0 Å². The normalized spacial score (nSPS) is 32.0. The predicted octanol–water partition coefficient (Wildman–Crippen LogP) is 3.00. The molecule has 1 saturated carbocycles. The number of allylic oxidation sites excluding steroid dienone is 1. The van der Waals surface area contributed by atoms with Crippen LogP contribution in [0.15, 0.2) is 12.2 Å². The van der Waals surface area contributed by atoms with E-state index in [1.807, 2.05) is 0 Å². The minimum atomic E-state index is 0.324. The monoisotopic (exact) mass is 182 g/mol. The van der Waals surface area contributed by atoms with Crippen LogP contribution < -0.4 is 0 Å². The molecule has 0 aliphatic heterocycles. The molecule has 1 fully saturated rings. The highest BCUT2D eigenvalue weighted by Crippen LogP contribution is 2.48. The third-order valence-corrected chi connectivity index (χ3v) is 3.29. The standard InChI is InChI=1S/C12H22O/c1-9(2)11-8-12(3,4)7-10(11)5-6-13/h10-11,13H,1,5-8H2,2-4H3/t10-,11-/m1/s1. The van der Waals surface area contributed by atoms with Crippen molar-refractivity contribution in [3.63, 3.8) is 0 Å². The highest BCUT2D eigenvalue weighted by molar-refractivity contribution is 5.05. The minimum Gasteiger partial charge on any atom is -0.396 e. The number of rotatable bonds is 3. The molecule has 0 unspecified atom stereocenters. The summed E-state index contributed by atoms with van der Waals surface area (Å²) in [7, 11) is 0. The molecule has 1 rings (SSSR count). The number of aliphatic hydroxyl groups excluding tert-OH is 1. The van der Waals surface area contributed by atoms with E-state index in [1.165, 1.54) is 18.4 Å². The van der Waals surface area contributed by atoms with E-state index in [0.29, 0.717) is 23.9 Å². The van der Waals surface area contributed by atoms with Crippen LogP contribution >= 0.6 is 0 Å². The average molecular weight is 182 g/mol. The van der Waals surface area contributed by atoms with Crippen molar-refractivity contribution < 1.29 is 5.11 Å². The summed E-state index contributed by atoms with van der Waals surface area (Å²) < 4.78 is 0. The second-order valence-electron chi connectivity index (χ2n) is 5.30. The molecule has 0 amide bonds. The summed E-state index contributed by atoms with van der Waals surface area (Å²) in [6.07, 6.45) is 3.43. The van der Waals surface area contributed by atoms with E-state index in [4.69, 9.17) is 5.11 Å². The van der Waals surface area contributed by atoms with Gasteiger partial charge in [-0.05, 0) is 43.4 Å². The molecule has 76 valence electrons. The molecular formula is C12H22O. The van der Waals surface area contributed by atoms with E-state index in [1.54, 1.807) is 0 Å². The Bertz CT molecular complexity index is 193. The molecule has 1 aliphatic carbocycles. The molecule has 0 heterocycles. The molecule has 0 aromatic heterocycles. The van der Waals surface area contributed by atoms with Crippen molar-refractivity contribution in [2.24, 2.45) is 17.3 Å². The van der Waals surface area contributed by atoms with Crippen LogP contribution in [0.2, 0.25) is 0 Å². The topological polar surface area (TPSA) is 20.2 Å². The number of aliphatic hydroxyl groups is 1. The Morgan fingerprint density at radius 3 is 2.54 bits per heavy atom. The summed E-state index contributed by atoms with van der Waals surface area (Å²) in [5.74, 6) is 1.31. The molecule has 0 bridgehead atoms. The van der Waals surface area contributed by atoms with E-state index in [-0.39, 0.29) is 0 Å². The quantitative estimate of drug-likeness (QED) is 0.665. The van der Waals surface area contributed by atoms with Crippen molar-refractivity contribution in [2.75, 3.05) is 6.61 Å². The smallest absolute Gasteiger partial charge is 0.0433 e. The first kappa shape index (κ1) is 10.8. The minimum absolute atomic E-state index is 0.324. The number of hydrogen-bond donors (Lipinski definition) is 1. The van der Waals surface area contributed by atoms with Crippen molar-refractivity contribution >= 4 is 0 Å². The van der Waals surface area contributed by atoms with Gasteiger partial charge in [-0.2, -0.15) is 0 Å². The fraction of sp³-hybridized carbons (Fsp3) is 0.833. The maximum absolute atomic E-state index is 8.97. The summed E-state index contributed by atoms with van der Waals surface area (Å²) in [6.45, 7) is 11.1. The summed E-state index contributed by atoms with van der Waals surface area (Å²) in [6, 6.07) is 0. The third kappa shape index (κ3) is 2.57. The van der Waals surface area contributed by atoms with Crippen LogP contribution in [0.1, 0.15) is 40.0 Å². The van der Waals surface area contributed by atoms with Crippen LogP contribution in [-0.4, -0.2) is 11.7 Å². The Balaban J connectivity index is 2.65. The Morgan fingerprint density at radius 1 is 1.46 bits per heavy atom. The molecule has 0 radical (unpaired) electrons. The maximum Gasteiger partial charge on any atom is 0.0433 e. The Labute approximate surface area is 81.9 Å². The highest BCUT2D eigenvalue weighted by atomic mass is 16.3. The van der Waals surface area contributed by atoms with Crippen molar-refractivity contribution in [2.45, 2.75) is 40.0 Å². The zero-order chi connectivity index (χ0) is 10.1. The zero-order valence-electron chi connectivity index (χ0n) is 9.14. The summed E-state index contributed by atoms with van der Waals surface area (Å²) >= 11 is 0. The van der Waals surface area contributed by atoms with E-state index in [9.17, 15) is 0 Å². The molecule has 1 aliphatic rings. The van der Waals surface area contributed by atoms with Crippen molar-refractivity contribution in [3.05, 3.63) is 12.2 Å². The molecule has 1 N–H and O–H groups in total. The largest absolute Gasteiger partial charge is 0.396 e. The molecule has 0 aromatic carbocycles. The van der Waals surface area contributed by atoms with Crippen LogP contribution in [0.5, 0.6) is 0 Å². The van der Waals surface area contributed by atoms with Crippen LogP contribution in [0.4, 0.5) is 0 Å². The van der Waals surface area contributed by atoms with Gasteiger partial charge in [-0.15, -0.1) is 0 Å². The van der Waals surface area contributed by atoms with Gasteiger partial charge < -0.3 is 5.11 Å². The predicted molar refractivity (Wildman–Crippen MR) is 56.5 cm³/mol. The molecule has 1 heteroatoms. The Kier molecular flexibility index (Phi) is 3.18. The van der Waals surface area contributed by atoms with Gasteiger partial charge in [0.05, 0.1) is 0 Å². The molecule has 13 heavy (non-hydrogen) atoms. The summed E-state index contributed by atoms with van der Waals surface area (Å²) in [5.41, 5.74) is 1.74. The van der Waals surface area contributed by atoms with Gasteiger partial charge in [0.25, 0.3) is 0 Å². The maximum atomic E-state index is 8.97. The van der Waals surface area contributed by atoms with Gasteiger partial charge in [0.1, 0.15) is 0 Å². The molecule has 1 nitrogen and oxygen atoms in total. The fourth-order valence-corrected chi connectivity index (χ4v) is 2.74. The average Bonchev–Trinajstić information content (AvgIpc) is 2.26. The van der Waals surface area contributed by atoms with E-state index in [2.05, 4.69) is 27.4 Å². The van der Waals surface area contributed by atoms with Crippen molar-refractivity contribution in [1.29, 1.82) is 0 Å². The van der Waals surface area contributed by atoms with E-state index < -0.39 is 0 Å². The highest BCUT2D eigenvalue weighted by Gasteiger charge is 2.38. The molecule has 2 atom stereocenters. The first-order valence-electron chi connectivity index (χ1n) is 5.22. The van der Waals surface area contributed by atoms with Gasteiger partial charge in [-0.3, -0.25) is 0 Å². The van der Waals surface area contributed by atoms with Crippen LogP contribution in [0.3, 0.4) is 0 Å². The van der Waals surface area contributed by atoms with Crippen LogP contribution in [0.25, 0.3) is 0 Å². The lowest BCUT2D eigenvalue weighted by Crippen LogP contribution is -2.10. The molecule has 0 spiro atoms. The second-order valence-corrected chi connectivity index (χ2v) is 5.30. The van der Waals surface area contributed by atoms with Gasteiger partial charge in [0.15, 0.2) is 0 Å². The lowest BCUT2D eigenvalue weighted by Gasteiger charge is -2.18. The lowest BCUT2D eigenvalue weighted by atomic mass is 9.88. The molecule has 0 aromatic rings. The second kappa shape index (κ2) is 3.83. The summed E-state index contributed by atoms with van der Waals surface area (Å²) in [5, 5.41) is 8.97. The first-order valence-corrected chi connectivity index (χ1v) is 5.22. The fourth-order valence-electron chi connectivity index (χ4n) is 2.74. The Morgan fingerprint density at radius 2 is 2.08 bits per heavy atom. The Hall–Kier alpha value is -0.300. The van der Waals surface area contributed by atoms with Gasteiger partial charge in [0.2, 0.25) is 0 Å².